The van der Waals surface area contributed by atoms with Gasteiger partial charge >= 0.3 is 19.0 Å². The number of ether oxygens (including phenoxy) is 1. The lowest BCUT2D eigenvalue weighted by molar-refractivity contribution is -0.907. The lowest BCUT2D eigenvalue weighted by Gasteiger charge is -2.28. The van der Waals surface area contributed by atoms with Gasteiger partial charge < -0.3 is 22.6 Å². The van der Waals surface area contributed by atoms with E-state index in [1.165, 1.54) is 25.9 Å². The zero-order valence-electron chi connectivity index (χ0n) is 11.5. The molecular formula is C10H18BF8NO. The average Bonchev–Trinajstić information content (AvgIpc) is 2.80. The van der Waals surface area contributed by atoms with Crippen LogP contribution in [0.4, 0.5) is 34.9 Å². The largest absolute Gasteiger partial charge is 0.558 e. The third-order valence-electron chi connectivity index (χ3n) is 2.75. The molecule has 1 fully saturated rings. The molecule has 0 aliphatic carbocycles. The Morgan fingerprint density at radius 3 is 1.76 bits per heavy atom. The first-order chi connectivity index (χ1) is 9.43. The van der Waals surface area contributed by atoms with E-state index in [1.807, 2.05) is 0 Å². The molecule has 0 unspecified atom stereocenters. The van der Waals surface area contributed by atoms with Crippen LogP contribution in [0.1, 0.15) is 26.2 Å². The molecule has 1 aliphatic rings. The summed E-state index contributed by atoms with van der Waals surface area (Å²) < 4.78 is 93.3. The summed E-state index contributed by atoms with van der Waals surface area (Å²) >= 11 is 0. The number of nitrogens with one attached hydrogen (secondary N) is 1. The Morgan fingerprint density at radius 2 is 1.48 bits per heavy atom. The van der Waals surface area contributed by atoms with Gasteiger partial charge in [-0.2, -0.15) is 13.2 Å². The van der Waals surface area contributed by atoms with Crippen molar-refractivity contribution in [3.63, 3.8) is 0 Å². The van der Waals surface area contributed by atoms with Crippen LogP contribution in [-0.4, -0.2) is 45.4 Å². The fraction of sp³-hybridized carbons (Fsp3) is 1.00. The van der Waals surface area contributed by atoms with Crippen LogP contribution in [0.2, 0.25) is 0 Å². The quantitative estimate of drug-likeness (QED) is 0.465. The van der Waals surface area contributed by atoms with Crippen molar-refractivity contribution in [2.45, 2.75) is 38.2 Å². The van der Waals surface area contributed by atoms with Crippen molar-refractivity contribution in [3.05, 3.63) is 0 Å². The summed E-state index contributed by atoms with van der Waals surface area (Å²) in [5.41, 5.74) is 0. The Kier molecular flexibility index (Phi) is 7.94. The lowest BCUT2D eigenvalue weighted by Crippen LogP contribution is -3.10. The molecule has 0 aromatic heterocycles. The van der Waals surface area contributed by atoms with Crippen molar-refractivity contribution in [3.8, 4) is 0 Å². The van der Waals surface area contributed by atoms with E-state index in [2.05, 4.69) is 6.92 Å². The highest BCUT2D eigenvalue weighted by atomic mass is 19.4. The van der Waals surface area contributed by atoms with Gasteiger partial charge in [-0.3, -0.25) is 0 Å². The Morgan fingerprint density at radius 1 is 1.00 bits per heavy atom. The molecule has 0 saturated carbocycles. The summed E-state index contributed by atoms with van der Waals surface area (Å²) in [5, 5.41) is 0. The molecule has 0 atom stereocenters. The van der Waals surface area contributed by atoms with E-state index in [1.54, 1.807) is 4.90 Å². The summed E-state index contributed by atoms with van der Waals surface area (Å²) in [6, 6.07) is 0. The first-order valence-corrected chi connectivity index (χ1v) is 6.48. The topological polar surface area (TPSA) is 13.7 Å². The maximum Gasteiger partial charge on any atom is 0.558 e. The fourth-order valence-electron chi connectivity index (χ4n) is 1.57. The molecule has 1 rings (SSSR count). The summed E-state index contributed by atoms with van der Waals surface area (Å²) in [5.74, 6) is -6.56. The van der Waals surface area contributed by atoms with E-state index in [9.17, 15) is 34.9 Å². The number of hydrogen-bond donors (Lipinski definition) is 1. The van der Waals surface area contributed by atoms with Crippen LogP contribution >= 0.6 is 0 Å². The minimum Gasteiger partial charge on any atom is -0.445 e. The molecule has 0 spiro atoms. The van der Waals surface area contributed by atoms with Crippen LogP contribution in [-0.2, 0) is 4.74 Å². The van der Waals surface area contributed by atoms with Gasteiger partial charge in [0.25, 0.3) is 0 Å². The van der Waals surface area contributed by atoms with Crippen LogP contribution in [0.5, 0.6) is 0 Å². The summed E-state index contributed by atoms with van der Waals surface area (Å²) in [6.07, 6.45) is -2.62. The van der Waals surface area contributed by atoms with E-state index in [0.717, 1.165) is 19.8 Å². The van der Waals surface area contributed by atoms with E-state index >= 15 is 0 Å². The van der Waals surface area contributed by atoms with E-state index in [0.29, 0.717) is 0 Å². The van der Waals surface area contributed by atoms with E-state index < -0.39 is 19.0 Å². The second-order valence-electron chi connectivity index (χ2n) is 4.71. The molecule has 0 aromatic rings. The predicted molar refractivity (Wildman–Crippen MR) is 61.1 cm³/mol. The monoisotopic (exact) mass is 331 g/mol. The molecular weight excluding hydrogens is 313 g/mol. The zero-order chi connectivity index (χ0) is 16.7. The summed E-state index contributed by atoms with van der Waals surface area (Å²) in [6.45, 7) is -0.538. The van der Waals surface area contributed by atoms with Crippen molar-refractivity contribution in [1.29, 1.82) is 0 Å². The molecule has 128 valence electrons. The van der Waals surface area contributed by atoms with Gasteiger partial charge in [0.1, 0.15) is 0 Å². The highest BCUT2D eigenvalue weighted by Crippen LogP contribution is 2.43. The molecule has 0 aromatic carbocycles. The molecule has 1 N–H and O–H groups in total. The number of halogens is 8. The average molecular weight is 331 g/mol. The summed E-state index contributed by atoms with van der Waals surface area (Å²) in [4.78, 5) is 1.63. The normalized spacial score (nSPS) is 17.6. The number of rotatable bonds is 5. The SMILES string of the molecule is CCCOC[NH+]1CCCC1.F[B-](F)(F)C(F)(F)C(F)(F)F. The highest BCUT2D eigenvalue weighted by molar-refractivity contribution is 6.61. The van der Waals surface area contributed by atoms with Gasteiger partial charge in [0, 0.05) is 12.8 Å². The van der Waals surface area contributed by atoms with Gasteiger partial charge in [0.15, 0.2) is 6.73 Å². The molecule has 0 bridgehead atoms. The third kappa shape index (κ3) is 6.81. The zero-order valence-corrected chi connectivity index (χ0v) is 11.5. The first-order valence-electron chi connectivity index (χ1n) is 6.48. The molecule has 11 heteroatoms. The van der Waals surface area contributed by atoms with Gasteiger partial charge in [0.2, 0.25) is 0 Å². The van der Waals surface area contributed by atoms with Crippen molar-refractivity contribution in [2.75, 3.05) is 26.4 Å². The predicted octanol–water partition coefficient (Wildman–Crippen LogP) is 2.62. The van der Waals surface area contributed by atoms with Crippen molar-refractivity contribution in [2.24, 2.45) is 0 Å². The lowest BCUT2D eigenvalue weighted by atomic mass is 9.80. The second kappa shape index (κ2) is 8.16. The molecule has 0 radical (unpaired) electrons. The number of likely N-dealkylation sites (tertiary alicyclic amines) is 1. The van der Waals surface area contributed by atoms with Crippen LogP contribution in [0.3, 0.4) is 0 Å². The smallest absolute Gasteiger partial charge is 0.445 e. The van der Waals surface area contributed by atoms with Gasteiger partial charge in [-0.1, -0.05) is 6.92 Å². The van der Waals surface area contributed by atoms with Gasteiger partial charge in [0.05, 0.1) is 19.7 Å². The minimum absolute atomic E-state index is 0.934. The maximum atomic E-state index is 11.2. The second-order valence-corrected chi connectivity index (χ2v) is 4.71. The maximum absolute atomic E-state index is 11.2. The van der Waals surface area contributed by atoms with Gasteiger partial charge in [-0.25, -0.2) is 8.78 Å². The summed E-state index contributed by atoms with van der Waals surface area (Å²) in [7, 11) is 0. The van der Waals surface area contributed by atoms with E-state index in [4.69, 9.17) is 4.74 Å². The highest BCUT2D eigenvalue weighted by Gasteiger charge is 2.69. The molecule has 0 amide bonds. The third-order valence-corrected chi connectivity index (χ3v) is 2.75. The van der Waals surface area contributed by atoms with E-state index in [-0.39, 0.29) is 0 Å². The molecule has 1 heterocycles. The van der Waals surface area contributed by atoms with Crippen LogP contribution in [0, 0.1) is 0 Å². The number of hydrogen-bond acceptors (Lipinski definition) is 1. The van der Waals surface area contributed by atoms with Crippen molar-refractivity contribution < 1.29 is 44.5 Å². The Bertz CT molecular complexity index is 272. The van der Waals surface area contributed by atoms with Crippen molar-refractivity contribution in [1.82, 2.24) is 0 Å². The standard InChI is InChI=1S/C8H17NO.C2BF8/c1-2-7-10-8-9-5-3-4-6-9;4-1(5,2(6,7)8)3(9,10)11/h2-8H2,1H3;/q;-1/p+1. The Balaban J connectivity index is 0.000000382. The first kappa shape index (κ1) is 20.4. The Hall–Kier alpha value is -0.575. The van der Waals surface area contributed by atoms with Gasteiger partial charge in [-0.05, 0) is 6.42 Å². The van der Waals surface area contributed by atoms with Crippen molar-refractivity contribution >= 4 is 6.98 Å². The van der Waals surface area contributed by atoms with Gasteiger partial charge in [-0.15, -0.1) is 0 Å². The number of alkyl halides is 5. The Labute approximate surface area is 117 Å². The van der Waals surface area contributed by atoms with Crippen LogP contribution in [0.15, 0.2) is 0 Å². The molecule has 21 heavy (non-hydrogen) atoms. The fourth-order valence-corrected chi connectivity index (χ4v) is 1.57. The van der Waals surface area contributed by atoms with Crippen LogP contribution < -0.4 is 4.90 Å². The molecule has 1 saturated heterocycles. The number of quaternary nitrogens is 1. The molecule has 1 aliphatic heterocycles. The van der Waals surface area contributed by atoms with Crippen LogP contribution in [0.25, 0.3) is 0 Å². The minimum atomic E-state index is -7.21. The molecule has 2 nitrogen and oxygen atoms in total.